The second-order valence-corrected chi connectivity index (χ2v) is 4.79. The zero-order valence-corrected chi connectivity index (χ0v) is 11.4. The molecule has 0 spiro atoms. The van der Waals surface area contributed by atoms with E-state index in [1.54, 1.807) is 0 Å². The van der Waals surface area contributed by atoms with Gasteiger partial charge in [0.15, 0.2) is 0 Å². The van der Waals surface area contributed by atoms with Gasteiger partial charge in [-0.15, -0.1) is 0 Å². The van der Waals surface area contributed by atoms with Crippen molar-refractivity contribution >= 4 is 21.6 Å². The lowest BCUT2D eigenvalue weighted by Gasteiger charge is -2.33. The number of benzene rings is 1. The first-order valence-corrected chi connectivity index (χ1v) is 6.82. The normalized spacial score (nSPS) is 20.1. The highest BCUT2D eigenvalue weighted by Gasteiger charge is 2.19. The molecular formula is C13H15BrN2O. The van der Waals surface area contributed by atoms with Gasteiger partial charge in [0.25, 0.3) is 0 Å². The lowest BCUT2D eigenvalue weighted by atomic mass is 10.1. The molecule has 90 valence electrons. The maximum absolute atomic E-state index is 9.21. The predicted octanol–water partition coefficient (Wildman–Crippen LogP) is 2.68. The fourth-order valence-corrected chi connectivity index (χ4v) is 2.42. The van der Waals surface area contributed by atoms with E-state index < -0.39 is 0 Å². The summed E-state index contributed by atoms with van der Waals surface area (Å²) in [4.78, 5) is 2.23. The average Bonchev–Trinajstić information content (AvgIpc) is 2.38. The predicted molar refractivity (Wildman–Crippen MR) is 71.4 cm³/mol. The van der Waals surface area contributed by atoms with Crippen LogP contribution in [0.5, 0.6) is 0 Å². The Kier molecular flexibility index (Phi) is 4.03. The maximum atomic E-state index is 9.21. The number of hydrogen-bond acceptors (Lipinski definition) is 3. The van der Waals surface area contributed by atoms with Crippen LogP contribution in [0.4, 0.5) is 5.69 Å². The number of morpholine rings is 1. The molecule has 4 heteroatoms. The van der Waals surface area contributed by atoms with Crippen LogP contribution < -0.4 is 4.90 Å². The molecule has 2 rings (SSSR count). The third-order valence-corrected chi connectivity index (χ3v) is 3.56. The summed E-state index contributed by atoms with van der Waals surface area (Å²) >= 11 is 3.41. The van der Waals surface area contributed by atoms with Crippen LogP contribution >= 0.6 is 15.9 Å². The van der Waals surface area contributed by atoms with Crippen molar-refractivity contribution in [3.05, 3.63) is 29.3 Å². The van der Waals surface area contributed by atoms with Gasteiger partial charge in [-0.3, -0.25) is 0 Å². The molecule has 0 aliphatic carbocycles. The van der Waals surface area contributed by atoms with Gasteiger partial charge in [-0.25, -0.2) is 0 Å². The summed E-state index contributed by atoms with van der Waals surface area (Å²) in [6, 6.07) is 8.32. The van der Waals surface area contributed by atoms with E-state index in [-0.39, 0.29) is 6.10 Å². The molecule has 1 aliphatic rings. The zero-order valence-electron chi connectivity index (χ0n) is 9.82. The van der Waals surface area contributed by atoms with E-state index in [0.717, 1.165) is 41.8 Å². The first-order valence-electron chi connectivity index (χ1n) is 5.70. The first kappa shape index (κ1) is 12.4. The lowest BCUT2D eigenvalue weighted by Crippen LogP contribution is -2.41. The fourth-order valence-electron chi connectivity index (χ4n) is 2.07. The van der Waals surface area contributed by atoms with Crippen molar-refractivity contribution in [2.45, 2.75) is 18.4 Å². The Morgan fingerprint density at radius 3 is 3.06 bits per heavy atom. The molecular weight excluding hydrogens is 280 g/mol. The van der Waals surface area contributed by atoms with E-state index in [0.29, 0.717) is 0 Å². The molecule has 1 unspecified atom stereocenters. The fraction of sp³-hybridized carbons (Fsp3) is 0.462. The molecule has 0 aromatic heterocycles. The number of rotatable bonds is 2. The highest BCUT2D eigenvalue weighted by atomic mass is 79.9. The topological polar surface area (TPSA) is 36.3 Å². The molecule has 17 heavy (non-hydrogen) atoms. The highest BCUT2D eigenvalue weighted by molar-refractivity contribution is 9.08. The molecule has 1 aromatic carbocycles. The molecule has 1 aromatic rings. The molecule has 0 bridgehead atoms. The van der Waals surface area contributed by atoms with E-state index in [9.17, 15) is 5.26 Å². The van der Waals surface area contributed by atoms with E-state index in [1.807, 2.05) is 12.1 Å². The number of halogens is 1. The van der Waals surface area contributed by atoms with Crippen molar-refractivity contribution in [1.82, 2.24) is 0 Å². The Morgan fingerprint density at radius 2 is 2.41 bits per heavy atom. The van der Waals surface area contributed by atoms with Crippen molar-refractivity contribution in [3.8, 4) is 6.07 Å². The molecule has 3 nitrogen and oxygen atoms in total. The van der Waals surface area contributed by atoms with Gasteiger partial charge in [0, 0.05) is 18.4 Å². The van der Waals surface area contributed by atoms with Gasteiger partial charge in [-0.1, -0.05) is 22.0 Å². The highest BCUT2D eigenvalue weighted by Crippen LogP contribution is 2.24. The van der Waals surface area contributed by atoms with Gasteiger partial charge in [0.05, 0.1) is 24.0 Å². The summed E-state index contributed by atoms with van der Waals surface area (Å²) in [5, 5.41) is 9.99. The van der Waals surface area contributed by atoms with Crippen LogP contribution in [0.2, 0.25) is 0 Å². The minimum absolute atomic E-state index is 0.228. The summed E-state index contributed by atoms with van der Waals surface area (Å²) in [5.41, 5.74) is 2.90. The summed E-state index contributed by atoms with van der Waals surface area (Å²) in [6.07, 6.45) is 0.228. The molecule has 1 saturated heterocycles. The van der Waals surface area contributed by atoms with Crippen LogP contribution in [0, 0.1) is 11.3 Å². The van der Waals surface area contributed by atoms with Crippen LogP contribution in [0.1, 0.15) is 18.1 Å². The molecule has 0 radical (unpaired) electrons. The van der Waals surface area contributed by atoms with Crippen molar-refractivity contribution in [1.29, 1.82) is 5.26 Å². The first-order chi connectivity index (χ1) is 8.24. The van der Waals surface area contributed by atoms with Gasteiger partial charge in [-0.05, 0) is 24.6 Å². The molecule has 1 fully saturated rings. The third kappa shape index (κ3) is 2.80. The van der Waals surface area contributed by atoms with Crippen LogP contribution in [-0.4, -0.2) is 25.8 Å². The minimum Gasteiger partial charge on any atom is -0.375 e. The van der Waals surface area contributed by atoms with Crippen LogP contribution in [0.25, 0.3) is 0 Å². The minimum atomic E-state index is 0.228. The van der Waals surface area contributed by atoms with Crippen LogP contribution in [0.15, 0.2) is 18.2 Å². The van der Waals surface area contributed by atoms with E-state index >= 15 is 0 Å². The van der Waals surface area contributed by atoms with Crippen LogP contribution in [-0.2, 0) is 10.1 Å². The Morgan fingerprint density at radius 1 is 1.59 bits per heavy atom. The van der Waals surface area contributed by atoms with Crippen molar-refractivity contribution in [2.24, 2.45) is 0 Å². The third-order valence-electron chi connectivity index (χ3n) is 2.92. The number of nitrogens with zero attached hydrogens (tertiary/aromatic N) is 2. The van der Waals surface area contributed by atoms with Gasteiger partial charge in [0.2, 0.25) is 0 Å². The lowest BCUT2D eigenvalue weighted by molar-refractivity contribution is 0.0532. The van der Waals surface area contributed by atoms with E-state index in [4.69, 9.17) is 4.74 Å². The SMILES string of the molecule is CC1CN(c2ccc(CBr)cc2C#N)CCO1. The van der Waals surface area contributed by atoms with Gasteiger partial charge < -0.3 is 9.64 Å². The number of alkyl halides is 1. The Bertz CT molecular complexity index is 442. The molecule has 1 heterocycles. The van der Waals surface area contributed by atoms with Crippen molar-refractivity contribution in [3.63, 3.8) is 0 Å². The monoisotopic (exact) mass is 294 g/mol. The number of ether oxygens (including phenoxy) is 1. The van der Waals surface area contributed by atoms with E-state index in [2.05, 4.69) is 39.9 Å². The summed E-state index contributed by atoms with van der Waals surface area (Å²) < 4.78 is 5.52. The smallest absolute Gasteiger partial charge is 0.101 e. The molecule has 1 aliphatic heterocycles. The maximum Gasteiger partial charge on any atom is 0.101 e. The van der Waals surface area contributed by atoms with Gasteiger partial charge >= 0.3 is 0 Å². The quantitative estimate of drug-likeness (QED) is 0.787. The Balaban J connectivity index is 2.28. The van der Waals surface area contributed by atoms with E-state index in [1.165, 1.54) is 0 Å². The zero-order chi connectivity index (χ0) is 12.3. The van der Waals surface area contributed by atoms with Gasteiger partial charge in [-0.2, -0.15) is 5.26 Å². The van der Waals surface area contributed by atoms with Gasteiger partial charge in [0.1, 0.15) is 6.07 Å². The second kappa shape index (κ2) is 5.52. The second-order valence-electron chi connectivity index (χ2n) is 4.22. The molecule has 0 saturated carbocycles. The summed E-state index contributed by atoms with van der Waals surface area (Å²) in [6.45, 7) is 4.49. The number of anilines is 1. The molecule has 1 atom stereocenters. The molecule has 0 N–H and O–H groups in total. The van der Waals surface area contributed by atoms with Crippen molar-refractivity contribution < 1.29 is 4.74 Å². The molecule has 0 amide bonds. The van der Waals surface area contributed by atoms with Crippen molar-refractivity contribution in [2.75, 3.05) is 24.6 Å². The summed E-state index contributed by atoms with van der Waals surface area (Å²) in [5.74, 6) is 0. The standard InChI is InChI=1S/C13H15BrN2O/c1-10-9-16(4-5-17-10)13-3-2-11(7-14)6-12(13)8-15/h2-3,6,10H,4-5,7,9H2,1H3. The van der Waals surface area contributed by atoms with Crippen LogP contribution in [0.3, 0.4) is 0 Å². The Hall–Kier alpha value is -1.05. The Labute approximate surface area is 110 Å². The summed E-state index contributed by atoms with van der Waals surface area (Å²) in [7, 11) is 0. The largest absolute Gasteiger partial charge is 0.375 e. The number of hydrogen-bond donors (Lipinski definition) is 0. The average molecular weight is 295 g/mol. The number of nitriles is 1.